The lowest BCUT2D eigenvalue weighted by molar-refractivity contribution is -0.130. The van der Waals surface area contributed by atoms with Crippen LogP contribution in [0, 0.1) is 13.8 Å². The van der Waals surface area contributed by atoms with Gasteiger partial charge in [0.2, 0.25) is 5.91 Å². The SMILES string of the molecule is CCc1cccc(C)c1N1CCN(C(=O)Cc2cccc(C)c2)CC1. The molecule has 25 heavy (non-hydrogen) atoms. The maximum Gasteiger partial charge on any atom is 0.227 e. The van der Waals surface area contributed by atoms with E-state index in [0.717, 1.165) is 38.2 Å². The Morgan fingerprint density at radius 2 is 1.72 bits per heavy atom. The van der Waals surface area contributed by atoms with Crippen LogP contribution in [0.3, 0.4) is 0 Å². The number of carbonyl (C=O) groups excluding carboxylic acids is 1. The molecule has 3 heteroatoms. The number of aryl methyl sites for hydroxylation is 3. The number of rotatable bonds is 4. The summed E-state index contributed by atoms with van der Waals surface area (Å²) in [6, 6.07) is 14.8. The van der Waals surface area contributed by atoms with Crippen LogP contribution in [-0.4, -0.2) is 37.0 Å². The summed E-state index contributed by atoms with van der Waals surface area (Å²) in [6.45, 7) is 9.91. The predicted octanol–water partition coefficient (Wildman–Crippen LogP) is 3.76. The summed E-state index contributed by atoms with van der Waals surface area (Å²) in [5.74, 6) is 0.241. The van der Waals surface area contributed by atoms with E-state index in [9.17, 15) is 4.79 Å². The monoisotopic (exact) mass is 336 g/mol. The number of benzene rings is 2. The summed E-state index contributed by atoms with van der Waals surface area (Å²) in [4.78, 5) is 17.1. The number of carbonyl (C=O) groups is 1. The third kappa shape index (κ3) is 4.04. The topological polar surface area (TPSA) is 23.6 Å². The van der Waals surface area contributed by atoms with Gasteiger partial charge in [-0.2, -0.15) is 0 Å². The van der Waals surface area contributed by atoms with Crippen molar-refractivity contribution in [3.05, 3.63) is 64.7 Å². The fourth-order valence-corrected chi connectivity index (χ4v) is 3.75. The molecule has 1 amide bonds. The van der Waals surface area contributed by atoms with Crippen LogP contribution < -0.4 is 4.90 Å². The van der Waals surface area contributed by atoms with Crippen LogP contribution in [0.15, 0.2) is 42.5 Å². The zero-order valence-corrected chi connectivity index (χ0v) is 15.6. The van der Waals surface area contributed by atoms with Crippen LogP contribution in [0.5, 0.6) is 0 Å². The molecule has 0 aromatic heterocycles. The molecule has 0 radical (unpaired) electrons. The number of amides is 1. The van der Waals surface area contributed by atoms with Crippen molar-refractivity contribution in [1.82, 2.24) is 4.90 Å². The lowest BCUT2D eigenvalue weighted by atomic mass is 10.0. The van der Waals surface area contributed by atoms with E-state index in [1.165, 1.54) is 22.4 Å². The summed E-state index contributed by atoms with van der Waals surface area (Å²) in [7, 11) is 0. The van der Waals surface area contributed by atoms with E-state index in [4.69, 9.17) is 0 Å². The second kappa shape index (κ2) is 7.73. The van der Waals surface area contributed by atoms with E-state index >= 15 is 0 Å². The summed E-state index contributed by atoms with van der Waals surface area (Å²) in [6.07, 6.45) is 1.55. The first kappa shape index (κ1) is 17.5. The van der Waals surface area contributed by atoms with Gasteiger partial charge in [0.1, 0.15) is 0 Å². The normalized spacial score (nSPS) is 14.7. The van der Waals surface area contributed by atoms with Gasteiger partial charge in [-0.15, -0.1) is 0 Å². The molecule has 0 spiro atoms. The molecule has 1 aliphatic heterocycles. The van der Waals surface area contributed by atoms with Gasteiger partial charge in [0.25, 0.3) is 0 Å². The third-order valence-corrected chi connectivity index (χ3v) is 5.09. The molecule has 2 aromatic carbocycles. The Morgan fingerprint density at radius 1 is 1.00 bits per heavy atom. The van der Waals surface area contributed by atoms with Gasteiger partial charge < -0.3 is 9.80 Å². The Bertz CT molecular complexity index is 745. The van der Waals surface area contributed by atoms with Crippen LogP contribution in [0.4, 0.5) is 5.69 Å². The molecular formula is C22H28N2O. The molecule has 0 N–H and O–H groups in total. The van der Waals surface area contributed by atoms with Crippen molar-refractivity contribution in [2.24, 2.45) is 0 Å². The highest BCUT2D eigenvalue weighted by Gasteiger charge is 2.23. The van der Waals surface area contributed by atoms with E-state index in [0.29, 0.717) is 6.42 Å². The molecule has 1 heterocycles. The smallest absolute Gasteiger partial charge is 0.227 e. The lowest BCUT2D eigenvalue weighted by Crippen LogP contribution is -2.49. The van der Waals surface area contributed by atoms with E-state index in [-0.39, 0.29) is 5.91 Å². The van der Waals surface area contributed by atoms with Gasteiger partial charge in [0, 0.05) is 31.9 Å². The summed E-state index contributed by atoms with van der Waals surface area (Å²) in [5.41, 5.74) is 6.43. The zero-order chi connectivity index (χ0) is 17.8. The van der Waals surface area contributed by atoms with Crippen LogP contribution >= 0.6 is 0 Å². The zero-order valence-electron chi connectivity index (χ0n) is 15.6. The third-order valence-electron chi connectivity index (χ3n) is 5.09. The van der Waals surface area contributed by atoms with Gasteiger partial charge in [0.15, 0.2) is 0 Å². The molecule has 1 saturated heterocycles. The van der Waals surface area contributed by atoms with Gasteiger partial charge in [-0.3, -0.25) is 4.79 Å². The van der Waals surface area contributed by atoms with Gasteiger partial charge in [-0.25, -0.2) is 0 Å². The fraction of sp³-hybridized carbons (Fsp3) is 0.409. The quantitative estimate of drug-likeness (QED) is 0.849. The van der Waals surface area contributed by atoms with E-state index in [1.807, 2.05) is 17.0 Å². The van der Waals surface area contributed by atoms with Gasteiger partial charge in [-0.1, -0.05) is 55.0 Å². The second-order valence-corrected chi connectivity index (χ2v) is 6.97. The summed E-state index contributed by atoms with van der Waals surface area (Å²) < 4.78 is 0. The second-order valence-electron chi connectivity index (χ2n) is 6.97. The number of para-hydroxylation sites is 1. The summed E-state index contributed by atoms with van der Waals surface area (Å²) >= 11 is 0. The first-order chi connectivity index (χ1) is 12.1. The molecule has 0 bridgehead atoms. The maximum absolute atomic E-state index is 12.6. The highest BCUT2D eigenvalue weighted by Crippen LogP contribution is 2.26. The maximum atomic E-state index is 12.6. The predicted molar refractivity (Wildman–Crippen MR) is 104 cm³/mol. The highest BCUT2D eigenvalue weighted by atomic mass is 16.2. The Hall–Kier alpha value is -2.29. The molecule has 2 aromatic rings. The van der Waals surface area contributed by atoms with Crippen LogP contribution in [0.25, 0.3) is 0 Å². The van der Waals surface area contributed by atoms with Crippen molar-refractivity contribution >= 4 is 11.6 Å². The van der Waals surface area contributed by atoms with Crippen molar-refractivity contribution in [2.75, 3.05) is 31.1 Å². The first-order valence-electron chi connectivity index (χ1n) is 9.25. The molecule has 132 valence electrons. The van der Waals surface area contributed by atoms with Gasteiger partial charge in [0.05, 0.1) is 6.42 Å². The van der Waals surface area contributed by atoms with E-state index in [2.05, 4.69) is 56.0 Å². The fourth-order valence-electron chi connectivity index (χ4n) is 3.75. The summed E-state index contributed by atoms with van der Waals surface area (Å²) in [5, 5.41) is 0. The minimum Gasteiger partial charge on any atom is -0.368 e. The first-order valence-corrected chi connectivity index (χ1v) is 9.25. The van der Waals surface area contributed by atoms with Crippen molar-refractivity contribution in [1.29, 1.82) is 0 Å². The minimum atomic E-state index is 0.241. The largest absolute Gasteiger partial charge is 0.368 e. The average Bonchev–Trinajstić information content (AvgIpc) is 2.61. The molecule has 0 atom stereocenters. The number of hydrogen-bond donors (Lipinski definition) is 0. The minimum absolute atomic E-state index is 0.241. The van der Waals surface area contributed by atoms with Gasteiger partial charge >= 0.3 is 0 Å². The molecular weight excluding hydrogens is 308 g/mol. The van der Waals surface area contributed by atoms with Crippen LogP contribution in [0.1, 0.15) is 29.2 Å². The van der Waals surface area contributed by atoms with Crippen LogP contribution in [-0.2, 0) is 17.6 Å². The van der Waals surface area contributed by atoms with Gasteiger partial charge in [-0.05, 0) is 37.0 Å². The van der Waals surface area contributed by atoms with Crippen LogP contribution in [0.2, 0.25) is 0 Å². The number of piperazine rings is 1. The van der Waals surface area contributed by atoms with Crippen molar-refractivity contribution in [3.63, 3.8) is 0 Å². The number of hydrogen-bond acceptors (Lipinski definition) is 2. The molecule has 1 fully saturated rings. The highest BCUT2D eigenvalue weighted by molar-refractivity contribution is 5.79. The van der Waals surface area contributed by atoms with Crippen molar-refractivity contribution in [2.45, 2.75) is 33.6 Å². The molecule has 1 aliphatic rings. The average molecular weight is 336 g/mol. The van der Waals surface area contributed by atoms with Crippen molar-refractivity contribution < 1.29 is 4.79 Å². The number of anilines is 1. The Balaban J connectivity index is 1.63. The molecule has 0 unspecified atom stereocenters. The van der Waals surface area contributed by atoms with E-state index < -0.39 is 0 Å². The lowest BCUT2D eigenvalue weighted by Gasteiger charge is -2.38. The molecule has 3 nitrogen and oxygen atoms in total. The standard InChI is InChI=1S/C22H28N2O/c1-4-20-10-6-8-18(3)22(20)24-13-11-23(12-14-24)21(25)16-19-9-5-7-17(2)15-19/h5-10,15H,4,11-14,16H2,1-3H3. The van der Waals surface area contributed by atoms with Crippen molar-refractivity contribution in [3.8, 4) is 0 Å². The molecule has 0 aliphatic carbocycles. The molecule has 3 rings (SSSR count). The van der Waals surface area contributed by atoms with E-state index in [1.54, 1.807) is 0 Å². The Morgan fingerprint density at radius 3 is 2.40 bits per heavy atom. The number of nitrogens with zero attached hydrogens (tertiary/aromatic N) is 2. The Labute approximate surface area is 151 Å². The Kier molecular flexibility index (Phi) is 5.42. The molecule has 0 saturated carbocycles.